The smallest absolute Gasteiger partial charge is 0.280 e. The zero-order valence-corrected chi connectivity index (χ0v) is 17.7. The lowest BCUT2D eigenvalue weighted by Crippen LogP contribution is -2.35. The number of ether oxygens (including phenoxy) is 1. The predicted octanol–water partition coefficient (Wildman–Crippen LogP) is 2.81. The van der Waals surface area contributed by atoms with Crippen LogP contribution in [0.2, 0.25) is 0 Å². The maximum atomic E-state index is 13.2. The molecule has 2 aromatic carbocycles. The maximum absolute atomic E-state index is 13.2. The fourth-order valence-electron chi connectivity index (χ4n) is 4.80. The van der Waals surface area contributed by atoms with Crippen molar-refractivity contribution in [3.05, 3.63) is 75.8 Å². The van der Waals surface area contributed by atoms with Gasteiger partial charge in [-0.1, -0.05) is 18.2 Å². The summed E-state index contributed by atoms with van der Waals surface area (Å²) in [7, 11) is 1.60. The topological polar surface area (TPSA) is 77.3 Å². The van der Waals surface area contributed by atoms with Crippen LogP contribution in [0.25, 0.3) is 11.3 Å². The van der Waals surface area contributed by atoms with Crippen LogP contribution >= 0.6 is 0 Å². The van der Waals surface area contributed by atoms with Gasteiger partial charge < -0.3 is 9.64 Å². The van der Waals surface area contributed by atoms with Crippen molar-refractivity contribution in [2.45, 2.75) is 31.7 Å². The number of aromatic nitrogens is 3. The Morgan fingerprint density at radius 3 is 2.52 bits per heavy atom. The third-order valence-electron chi connectivity index (χ3n) is 6.62. The van der Waals surface area contributed by atoms with Gasteiger partial charge in [-0.3, -0.25) is 14.2 Å². The lowest BCUT2D eigenvalue weighted by molar-refractivity contribution is 0.0782. The van der Waals surface area contributed by atoms with E-state index >= 15 is 0 Å². The van der Waals surface area contributed by atoms with E-state index in [-0.39, 0.29) is 16.9 Å². The molecule has 0 bridgehead atoms. The molecule has 0 aliphatic carbocycles. The van der Waals surface area contributed by atoms with Gasteiger partial charge >= 0.3 is 0 Å². The van der Waals surface area contributed by atoms with E-state index in [0.717, 1.165) is 35.3 Å². The molecule has 1 fully saturated rings. The summed E-state index contributed by atoms with van der Waals surface area (Å²) in [5.74, 6) is 1.47. The minimum atomic E-state index is -0.303. The van der Waals surface area contributed by atoms with Crippen molar-refractivity contribution in [3.63, 3.8) is 0 Å². The molecule has 7 heteroatoms. The normalized spacial score (nSPS) is 19.6. The Morgan fingerprint density at radius 1 is 1.03 bits per heavy atom. The number of hydrogen-bond acceptors (Lipinski definition) is 5. The quantitative estimate of drug-likeness (QED) is 0.656. The SMILES string of the molecule is COc1ccc(-c2nnc3n(c2=O)CC[C@]32CCN(C(=O)c3ccccc3C)C2)cc1. The summed E-state index contributed by atoms with van der Waals surface area (Å²) < 4.78 is 6.93. The third-order valence-corrected chi connectivity index (χ3v) is 6.62. The molecule has 7 nitrogen and oxygen atoms in total. The van der Waals surface area contributed by atoms with E-state index in [2.05, 4.69) is 10.2 Å². The molecule has 1 saturated heterocycles. The Kier molecular flexibility index (Phi) is 4.61. The molecule has 1 spiro atoms. The van der Waals surface area contributed by atoms with Crippen LogP contribution in [0.15, 0.2) is 53.3 Å². The van der Waals surface area contributed by atoms with Crippen molar-refractivity contribution < 1.29 is 9.53 Å². The first-order valence-electron chi connectivity index (χ1n) is 10.5. The Hall–Kier alpha value is -3.48. The summed E-state index contributed by atoms with van der Waals surface area (Å²) in [4.78, 5) is 28.2. The lowest BCUT2D eigenvalue weighted by atomic mass is 9.85. The molecule has 5 rings (SSSR count). The van der Waals surface area contributed by atoms with Gasteiger partial charge in [0, 0.05) is 30.8 Å². The average molecular weight is 416 g/mol. The molecule has 1 amide bonds. The fraction of sp³-hybridized carbons (Fsp3) is 0.333. The number of aryl methyl sites for hydroxylation is 1. The average Bonchev–Trinajstić information content (AvgIpc) is 3.39. The van der Waals surface area contributed by atoms with Gasteiger partial charge in [-0.2, -0.15) is 0 Å². The maximum Gasteiger partial charge on any atom is 0.280 e. The summed E-state index contributed by atoms with van der Waals surface area (Å²) in [6, 6.07) is 14.9. The molecule has 3 aromatic rings. The molecular weight excluding hydrogens is 392 g/mol. The van der Waals surface area contributed by atoms with Crippen LogP contribution in [0.1, 0.15) is 34.6 Å². The summed E-state index contributed by atoms with van der Waals surface area (Å²) >= 11 is 0. The number of rotatable bonds is 3. The van der Waals surface area contributed by atoms with Gasteiger partial charge in [-0.15, -0.1) is 10.2 Å². The van der Waals surface area contributed by atoms with Crippen LogP contribution in [0.3, 0.4) is 0 Å². The summed E-state index contributed by atoms with van der Waals surface area (Å²) in [6.45, 7) is 3.77. The van der Waals surface area contributed by atoms with Gasteiger partial charge in [-0.25, -0.2) is 0 Å². The van der Waals surface area contributed by atoms with Gasteiger partial charge in [0.25, 0.3) is 11.5 Å². The minimum absolute atomic E-state index is 0.0404. The molecule has 0 saturated carbocycles. The largest absolute Gasteiger partial charge is 0.497 e. The van der Waals surface area contributed by atoms with Crippen molar-refractivity contribution in [3.8, 4) is 17.0 Å². The van der Waals surface area contributed by atoms with E-state index in [0.29, 0.717) is 31.2 Å². The number of carbonyl (C=O) groups excluding carboxylic acids is 1. The fourth-order valence-corrected chi connectivity index (χ4v) is 4.80. The molecule has 1 aromatic heterocycles. The van der Waals surface area contributed by atoms with Crippen LogP contribution in [0.5, 0.6) is 5.75 Å². The highest BCUT2D eigenvalue weighted by Crippen LogP contribution is 2.41. The molecule has 2 aliphatic heterocycles. The minimum Gasteiger partial charge on any atom is -0.497 e. The van der Waals surface area contributed by atoms with Crippen LogP contribution in [-0.2, 0) is 12.0 Å². The second-order valence-electron chi connectivity index (χ2n) is 8.38. The standard InChI is InChI=1S/C24H24N4O3/c1-16-5-3-4-6-19(16)21(29)27-13-11-24(15-27)12-14-28-22(30)20(25-26-23(24)28)17-7-9-18(31-2)10-8-17/h3-10H,11-15H2,1-2H3/t24-/m0/s1. The molecular formula is C24H24N4O3. The van der Waals surface area contributed by atoms with Crippen molar-refractivity contribution >= 4 is 5.91 Å². The molecule has 0 radical (unpaired) electrons. The lowest BCUT2D eigenvalue weighted by Gasteiger charge is -2.23. The number of likely N-dealkylation sites (tertiary alicyclic amines) is 1. The Bertz CT molecular complexity index is 1220. The zero-order chi connectivity index (χ0) is 21.6. The van der Waals surface area contributed by atoms with E-state index in [1.165, 1.54) is 0 Å². The first kappa shape index (κ1) is 19.5. The number of nitrogens with zero attached hydrogens (tertiary/aromatic N) is 4. The predicted molar refractivity (Wildman–Crippen MR) is 116 cm³/mol. The van der Waals surface area contributed by atoms with Gasteiger partial charge in [-0.05, 0) is 55.7 Å². The van der Waals surface area contributed by atoms with Crippen LogP contribution in [-0.4, -0.2) is 45.8 Å². The third kappa shape index (κ3) is 3.12. The molecule has 0 unspecified atom stereocenters. The van der Waals surface area contributed by atoms with Crippen LogP contribution in [0, 0.1) is 6.92 Å². The molecule has 0 N–H and O–H groups in total. The summed E-state index contributed by atoms with van der Waals surface area (Å²) in [5, 5.41) is 8.81. The van der Waals surface area contributed by atoms with E-state index in [9.17, 15) is 9.59 Å². The van der Waals surface area contributed by atoms with Gasteiger partial charge in [0.1, 0.15) is 11.6 Å². The van der Waals surface area contributed by atoms with E-state index in [4.69, 9.17) is 4.74 Å². The second-order valence-corrected chi connectivity index (χ2v) is 8.38. The highest BCUT2D eigenvalue weighted by Gasteiger charge is 2.48. The van der Waals surface area contributed by atoms with Crippen molar-refractivity contribution in [1.82, 2.24) is 19.7 Å². The Morgan fingerprint density at radius 2 is 1.77 bits per heavy atom. The molecule has 2 aliphatic rings. The zero-order valence-electron chi connectivity index (χ0n) is 17.7. The van der Waals surface area contributed by atoms with Gasteiger partial charge in [0.05, 0.1) is 12.5 Å². The van der Waals surface area contributed by atoms with Crippen molar-refractivity contribution in [2.75, 3.05) is 20.2 Å². The van der Waals surface area contributed by atoms with Crippen LogP contribution in [0.4, 0.5) is 0 Å². The molecule has 3 heterocycles. The summed E-state index contributed by atoms with van der Waals surface area (Å²) in [5.41, 5.74) is 2.33. The Labute approximate surface area is 180 Å². The first-order chi connectivity index (χ1) is 15.0. The van der Waals surface area contributed by atoms with Crippen molar-refractivity contribution in [1.29, 1.82) is 0 Å². The number of hydrogen-bond donors (Lipinski definition) is 0. The molecule has 1 atom stereocenters. The van der Waals surface area contributed by atoms with Gasteiger partial charge in [0.15, 0.2) is 5.69 Å². The van der Waals surface area contributed by atoms with Crippen LogP contribution < -0.4 is 10.3 Å². The first-order valence-corrected chi connectivity index (χ1v) is 10.5. The number of benzene rings is 2. The molecule has 31 heavy (non-hydrogen) atoms. The van der Waals surface area contributed by atoms with E-state index in [1.807, 2.05) is 60.4 Å². The summed E-state index contributed by atoms with van der Waals surface area (Å²) in [6.07, 6.45) is 1.58. The van der Waals surface area contributed by atoms with Crippen molar-refractivity contribution in [2.24, 2.45) is 0 Å². The highest BCUT2D eigenvalue weighted by atomic mass is 16.5. The monoisotopic (exact) mass is 416 g/mol. The Balaban J connectivity index is 1.44. The van der Waals surface area contributed by atoms with Gasteiger partial charge in [0.2, 0.25) is 0 Å². The van der Waals surface area contributed by atoms with E-state index < -0.39 is 0 Å². The second kappa shape index (κ2) is 7.34. The number of fused-ring (bicyclic) bond motifs is 2. The number of carbonyl (C=O) groups is 1. The van der Waals surface area contributed by atoms with E-state index in [1.54, 1.807) is 11.7 Å². The number of amides is 1. The highest BCUT2D eigenvalue weighted by molar-refractivity contribution is 5.95. The number of methoxy groups -OCH3 is 1. The molecule has 158 valence electrons.